The van der Waals surface area contributed by atoms with E-state index in [1.165, 1.54) is 12.1 Å². The smallest absolute Gasteiger partial charge is 0.204 e. The normalized spacial score (nSPS) is 15.3. The Morgan fingerprint density at radius 3 is 2.55 bits per heavy atom. The molecular weight excluding hydrogens is 553 g/mol. The summed E-state index contributed by atoms with van der Waals surface area (Å²) >= 11 is 6.27. The summed E-state index contributed by atoms with van der Waals surface area (Å²) in [6.07, 6.45) is 5.88. The van der Waals surface area contributed by atoms with Crippen molar-refractivity contribution >= 4 is 41.0 Å². The molecule has 0 spiro atoms. The van der Waals surface area contributed by atoms with Crippen molar-refractivity contribution in [2.45, 2.75) is 45.4 Å². The third-order valence-corrected chi connectivity index (χ3v) is 7.57. The van der Waals surface area contributed by atoms with Gasteiger partial charge in [-0.1, -0.05) is 48.0 Å². The number of likely N-dealkylation sites (tertiary alicyclic amines) is 1. The Morgan fingerprint density at radius 1 is 1.05 bits per heavy atom. The summed E-state index contributed by atoms with van der Waals surface area (Å²) in [7, 11) is 0. The lowest BCUT2D eigenvalue weighted by Gasteiger charge is -2.33. The lowest BCUT2D eigenvalue weighted by Crippen LogP contribution is -2.51. The first-order valence-electron chi connectivity index (χ1n) is 14.5. The third kappa shape index (κ3) is 7.80. The van der Waals surface area contributed by atoms with Gasteiger partial charge in [-0.15, -0.1) is 0 Å². The zero-order chi connectivity index (χ0) is 29.5. The van der Waals surface area contributed by atoms with E-state index in [-0.39, 0.29) is 11.9 Å². The first-order chi connectivity index (χ1) is 20.4. The summed E-state index contributed by atoms with van der Waals surface area (Å²) in [5, 5.41) is 16.5. The number of anilines is 1. The zero-order valence-corrected chi connectivity index (χ0v) is 24.9. The molecule has 0 radical (unpaired) electrons. The fourth-order valence-electron chi connectivity index (χ4n) is 5.15. The van der Waals surface area contributed by atoms with Crippen molar-refractivity contribution in [3.8, 4) is 0 Å². The van der Waals surface area contributed by atoms with Gasteiger partial charge in [0.05, 0.1) is 17.6 Å². The van der Waals surface area contributed by atoms with Crippen molar-refractivity contribution in [1.29, 1.82) is 0 Å². The van der Waals surface area contributed by atoms with E-state index in [1.807, 2.05) is 60.0 Å². The van der Waals surface area contributed by atoms with E-state index in [9.17, 15) is 4.39 Å². The van der Waals surface area contributed by atoms with Crippen LogP contribution in [0.1, 0.15) is 32.3 Å². The number of fused-ring (bicyclic) bond motifs is 2. The van der Waals surface area contributed by atoms with Gasteiger partial charge in [0.15, 0.2) is 0 Å². The van der Waals surface area contributed by atoms with Gasteiger partial charge >= 0.3 is 0 Å². The van der Waals surface area contributed by atoms with Crippen LogP contribution >= 0.6 is 11.6 Å². The maximum Gasteiger partial charge on any atom is 0.204 e. The van der Waals surface area contributed by atoms with Crippen molar-refractivity contribution in [3.05, 3.63) is 93.6 Å². The molecule has 0 aliphatic carbocycles. The first-order valence-corrected chi connectivity index (χ1v) is 14.9. The summed E-state index contributed by atoms with van der Waals surface area (Å²) in [5.41, 5.74) is 9.74. The molecule has 4 N–H and O–H groups in total. The number of hydrogen-bond donors (Lipinski definition) is 4. The number of imidazole rings is 1. The highest BCUT2D eigenvalue weighted by molar-refractivity contribution is 6.30. The summed E-state index contributed by atoms with van der Waals surface area (Å²) in [6.45, 7) is 7.94. The van der Waals surface area contributed by atoms with Crippen LogP contribution in [-0.2, 0) is 6.54 Å². The van der Waals surface area contributed by atoms with E-state index in [1.54, 1.807) is 13.8 Å². The van der Waals surface area contributed by atoms with Crippen LogP contribution in [0.15, 0.2) is 66.7 Å². The van der Waals surface area contributed by atoms with Crippen molar-refractivity contribution in [2.24, 2.45) is 0 Å². The molecule has 10 heteroatoms. The fourth-order valence-corrected chi connectivity index (χ4v) is 5.39. The van der Waals surface area contributed by atoms with Gasteiger partial charge in [-0.3, -0.25) is 5.43 Å². The summed E-state index contributed by atoms with van der Waals surface area (Å²) in [4.78, 5) is 7.38. The van der Waals surface area contributed by atoms with Gasteiger partial charge in [0.25, 0.3) is 0 Å². The monoisotopic (exact) mass is 591 g/mol. The largest absolute Gasteiger partial charge is 0.394 e. The molecule has 42 heavy (non-hydrogen) atoms. The summed E-state index contributed by atoms with van der Waals surface area (Å²) in [6, 6.07) is 21.1. The van der Waals surface area contributed by atoms with Crippen molar-refractivity contribution in [3.63, 3.8) is 0 Å². The van der Waals surface area contributed by atoms with Crippen LogP contribution in [0.25, 0.3) is 23.4 Å². The van der Waals surface area contributed by atoms with E-state index >= 15 is 0 Å². The van der Waals surface area contributed by atoms with Gasteiger partial charge < -0.3 is 19.9 Å². The summed E-state index contributed by atoms with van der Waals surface area (Å²) in [5.74, 6) is 0.655. The van der Waals surface area contributed by atoms with Crippen LogP contribution in [0.5, 0.6) is 0 Å². The highest BCUT2D eigenvalue weighted by Gasteiger charge is 2.21. The highest BCUT2D eigenvalue weighted by atomic mass is 35.5. The minimum Gasteiger partial charge on any atom is -0.394 e. The molecule has 1 fully saturated rings. The molecule has 1 saturated heterocycles. The number of benzene rings is 3. The van der Waals surface area contributed by atoms with Crippen LogP contribution in [0.3, 0.4) is 0 Å². The van der Waals surface area contributed by atoms with E-state index in [4.69, 9.17) is 21.7 Å². The van der Waals surface area contributed by atoms with Gasteiger partial charge in [0, 0.05) is 66.2 Å². The number of hydrogen-bond acceptors (Lipinski definition) is 7. The van der Waals surface area contributed by atoms with Crippen LogP contribution in [-0.4, -0.2) is 63.0 Å². The SMILES string of the molecule is CC(C)O.Fc1ccc(Cn2c(NC3CCN(CCNN4C=c5cccc(Cl)c5=CN4)CC3)nc3ccccc32)cc1. The molecule has 0 bridgehead atoms. The van der Waals surface area contributed by atoms with Gasteiger partial charge in [0.2, 0.25) is 5.95 Å². The number of nitrogens with one attached hydrogen (secondary N) is 3. The van der Waals surface area contributed by atoms with Crippen molar-refractivity contribution < 1.29 is 9.50 Å². The molecule has 1 aromatic heterocycles. The second kappa shape index (κ2) is 14.0. The number of aliphatic hydroxyl groups excluding tert-OH is 1. The Morgan fingerprint density at radius 2 is 1.79 bits per heavy atom. The van der Waals surface area contributed by atoms with Gasteiger partial charge in [0.1, 0.15) is 5.82 Å². The molecule has 0 atom stereocenters. The number of nitrogens with zero attached hydrogens (tertiary/aromatic N) is 4. The number of aliphatic hydroxyl groups is 1. The third-order valence-electron chi connectivity index (χ3n) is 7.24. The minimum atomic E-state index is -0.219. The second-order valence-corrected chi connectivity index (χ2v) is 11.3. The van der Waals surface area contributed by atoms with Gasteiger partial charge in [-0.2, -0.15) is 0 Å². The lowest BCUT2D eigenvalue weighted by molar-refractivity contribution is 0.188. The number of rotatable bonds is 8. The predicted octanol–water partition coefficient (Wildman–Crippen LogP) is 3.64. The number of hydrazine groups is 2. The van der Waals surface area contributed by atoms with Crippen LogP contribution in [0.4, 0.5) is 10.3 Å². The standard InChI is InChI=1S/C29H31ClFN7.C3H8O/c30-26-5-3-4-22-20-38(33-18-25(22)26)32-14-17-36-15-12-24(13-16-36)34-29-35-27-6-1-2-7-28(27)37(29)19-21-8-10-23(31)11-9-21;1-3(2)4/h1-11,18,20,24,32-33H,12-17,19H2,(H,34,35);3-4H,1-2H3. The molecule has 3 aromatic carbocycles. The van der Waals surface area contributed by atoms with Crippen LogP contribution in [0, 0.1) is 5.82 Å². The average Bonchev–Trinajstić information content (AvgIpc) is 3.31. The second-order valence-electron chi connectivity index (χ2n) is 10.9. The maximum absolute atomic E-state index is 13.4. The van der Waals surface area contributed by atoms with E-state index in [0.717, 1.165) is 77.0 Å². The Balaban J connectivity index is 0.000000830. The molecule has 222 valence electrons. The van der Waals surface area contributed by atoms with Crippen LogP contribution in [0.2, 0.25) is 5.02 Å². The quantitative estimate of drug-likeness (QED) is 0.249. The Labute approximate surface area is 251 Å². The minimum absolute atomic E-state index is 0.167. The van der Waals surface area contributed by atoms with E-state index in [0.29, 0.717) is 12.6 Å². The Kier molecular flexibility index (Phi) is 9.97. The number of halogens is 2. The van der Waals surface area contributed by atoms with Gasteiger partial charge in [-0.25, -0.2) is 19.9 Å². The maximum atomic E-state index is 13.4. The molecule has 0 amide bonds. The molecule has 4 aromatic rings. The molecule has 0 saturated carbocycles. The lowest BCUT2D eigenvalue weighted by atomic mass is 10.1. The van der Waals surface area contributed by atoms with Crippen molar-refractivity contribution in [1.82, 2.24) is 30.4 Å². The van der Waals surface area contributed by atoms with Gasteiger partial charge in [-0.05, 0) is 62.6 Å². The fraction of sp³-hybridized carbons (Fsp3) is 0.344. The highest BCUT2D eigenvalue weighted by Crippen LogP contribution is 2.24. The van der Waals surface area contributed by atoms with Crippen LogP contribution < -0.4 is 26.6 Å². The first kappa shape index (κ1) is 29.8. The van der Waals surface area contributed by atoms with E-state index < -0.39 is 0 Å². The Hall–Kier alpha value is -3.63. The predicted molar refractivity (Wildman–Crippen MR) is 168 cm³/mol. The molecule has 2 aliphatic rings. The van der Waals surface area contributed by atoms with E-state index in [2.05, 4.69) is 37.8 Å². The van der Waals surface area contributed by atoms with Crippen molar-refractivity contribution in [2.75, 3.05) is 31.5 Å². The number of aromatic nitrogens is 2. The molecule has 3 heterocycles. The molecule has 8 nitrogen and oxygen atoms in total. The zero-order valence-electron chi connectivity index (χ0n) is 24.1. The molecular formula is C32H39ClFN7O. The number of piperidine rings is 1. The Bertz CT molecular complexity index is 1580. The average molecular weight is 592 g/mol. The topological polar surface area (TPSA) is 80.6 Å². The number of para-hydroxylation sites is 2. The molecule has 0 unspecified atom stereocenters. The molecule has 2 aliphatic heterocycles. The molecule has 6 rings (SSSR count). The summed E-state index contributed by atoms with van der Waals surface area (Å²) < 4.78 is 15.6.